The van der Waals surface area contributed by atoms with Crippen molar-refractivity contribution in [2.24, 2.45) is 0 Å². The van der Waals surface area contributed by atoms with Gasteiger partial charge < -0.3 is 15.5 Å². The molecule has 0 saturated carbocycles. The van der Waals surface area contributed by atoms with Crippen molar-refractivity contribution < 1.29 is 14.5 Å². The van der Waals surface area contributed by atoms with Gasteiger partial charge in [-0.15, -0.1) is 0 Å². The lowest BCUT2D eigenvalue weighted by atomic mass is 10.2. The Hall–Kier alpha value is -1.88. The van der Waals surface area contributed by atoms with Crippen molar-refractivity contribution in [1.29, 1.82) is 0 Å². The Balaban J connectivity index is 2.46. The number of amides is 2. The van der Waals surface area contributed by atoms with Gasteiger partial charge in [0.15, 0.2) is 0 Å². The van der Waals surface area contributed by atoms with Crippen molar-refractivity contribution in [3.8, 4) is 0 Å². The van der Waals surface area contributed by atoms with Crippen LogP contribution in [0.3, 0.4) is 0 Å². The molecule has 5 heteroatoms. The number of quaternary nitrogens is 1. The second-order valence-electron chi connectivity index (χ2n) is 4.48. The Morgan fingerprint density at radius 2 is 1.83 bits per heavy atom. The van der Waals surface area contributed by atoms with E-state index in [0.29, 0.717) is 12.2 Å². The zero-order valence-electron chi connectivity index (χ0n) is 11.0. The van der Waals surface area contributed by atoms with Gasteiger partial charge in [0.1, 0.15) is 0 Å². The largest absolute Gasteiger partial charge is 0.342 e. The van der Waals surface area contributed by atoms with Gasteiger partial charge in [-0.05, 0) is 18.6 Å². The van der Waals surface area contributed by atoms with E-state index in [1.54, 1.807) is 6.07 Å². The van der Waals surface area contributed by atoms with E-state index >= 15 is 0 Å². The van der Waals surface area contributed by atoms with Gasteiger partial charge in [-0.25, -0.2) is 0 Å². The number of anilines is 1. The maximum absolute atomic E-state index is 11.6. The molecular weight excluding hydrogens is 230 g/mol. The van der Waals surface area contributed by atoms with Crippen LogP contribution in [0.4, 0.5) is 5.69 Å². The van der Waals surface area contributed by atoms with E-state index in [-0.39, 0.29) is 0 Å². The van der Waals surface area contributed by atoms with Crippen molar-refractivity contribution >= 4 is 17.5 Å². The van der Waals surface area contributed by atoms with Gasteiger partial charge in [0, 0.05) is 5.69 Å². The fraction of sp³-hybridized carbons (Fsp3) is 0.385. The van der Waals surface area contributed by atoms with Gasteiger partial charge >= 0.3 is 11.8 Å². The molecule has 3 N–H and O–H groups in total. The third-order valence-electron chi connectivity index (χ3n) is 2.51. The van der Waals surface area contributed by atoms with Crippen LogP contribution in [-0.4, -0.2) is 39.0 Å². The summed E-state index contributed by atoms with van der Waals surface area (Å²) in [6.45, 7) is 3.15. The molecule has 2 amide bonds. The molecule has 98 valence electrons. The van der Waals surface area contributed by atoms with Crippen molar-refractivity contribution in [1.82, 2.24) is 5.32 Å². The quantitative estimate of drug-likeness (QED) is 0.612. The molecule has 0 bridgehead atoms. The highest BCUT2D eigenvalue weighted by Crippen LogP contribution is 2.12. The van der Waals surface area contributed by atoms with E-state index in [0.717, 1.165) is 12.1 Å². The van der Waals surface area contributed by atoms with Crippen LogP contribution in [0, 0.1) is 6.92 Å². The number of likely N-dealkylation sites (N-methyl/N-ethyl adjacent to an activating group) is 1. The summed E-state index contributed by atoms with van der Waals surface area (Å²) in [6, 6.07) is 7.34. The highest BCUT2D eigenvalue weighted by molar-refractivity contribution is 6.39. The summed E-state index contributed by atoms with van der Waals surface area (Å²) in [5.41, 5.74) is 1.59. The maximum Gasteiger partial charge on any atom is 0.313 e. The third-order valence-corrected chi connectivity index (χ3v) is 2.51. The Bertz CT molecular complexity index is 430. The van der Waals surface area contributed by atoms with E-state index in [1.807, 2.05) is 39.2 Å². The van der Waals surface area contributed by atoms with Crippen LogP contribution in [0.5, 0.6) is 0 Å². The number of hydrogen-bond donors (Lipinski definition) is 3. The van der Waals surface area contributed by atoms with Crippen molar-refractivity contribution in [2.75, 3.05) is 32.5 Å². The molecule has 0 aromatic heterocycles. The van der Waals surface area contributed by atoms with Crippen molar-refractivity contribution in [2.45, 2.75) is 6.92 Å². The lowest BCUT2D eigenvalue weighted by Gasteiger charge is -2.09. The monoisotopic (exact) mass is 250 g/mol. The van der Waals surface area contributed by atoms with Gasteiger partial charge in [-0.3, -0.25) is 9.59 Å². The Labute approximate surface area is 107 Å². The second-order valence-corrected chi connectivity index (χ2v) is 4.48. The first-order chi connectivity index (χ1) is 8.50. The molecule has 0 aliphatic heterocycles. The number of carbonyl (C=O) groups is 2. The predicted octanol–water partition coefficient (Wildman–Crippen LogP) is -0.806. The average Bonchev–Trinajstić information content (AvgIpc) is 2.31. The first-order valence-corrected chi connectivity index (χ1v) is 5.94. The molecule has 0 spiro atoms. The third kappa shape index (κ3) is 4.55. The number of para-hydroxylation sites is 1. The van der Waals surface area contributed by atoms with Crippen LogP contribution in [0.2, 0.25) is 0 Å². The summed E-state index contributed by atoms with van der Waals surface area (Å²) in [5.74, 6) is -1.22. The summed E-state index contributed by atoms with van der Waals surface area (Å²) >= 11 is 0. The number of aryl methyl sites for hydroxylation is 1. The number of benzene rings is 1. The summed E-state index contributed by atoms with van der Waals surface area (Å²) < 4.78 is 0. The lowest BCUT2D eigenvalue weighted by molar-refractivity contribution is -0.856. The fourth-order valence-corrected chi connectivity index (χ4v) is 1.40. The highest BCUT2D eigenvalue weighted by atomic mass is 16.2. The number of nitrogens with one attached hydrogen (secondary N) is 3. The van der Waals surface area contributed by atoms with E-state index < -0.39 is 11.8 Å². The molecule has 1 aromatic carbocycles. The molecule has 1 rings (SSSR count). The molecule has 0 fully saturated rings. The van der Waals surface area contributed by atoms with Gasteiger partial charge in [-0.1, -0.05) is 18.2 Å². The van der Waals surface area contributed by atoms with Crippen LogP contribution in [0.15, 0.2) is 24.3 Å². The zero-order chi connectivity index (χ0) is 13.5. The Morgan fingerprint density at radius 3 is 2.44 bits per heavy atom. The van der Waals surface area contributed by atoms with E-state index in [9.17, 15) is 9.59 Å². The summed E-state index contributed by atoms with van der Waals surface area (Å²) in [5, 5.41) is 5.17. The van der Waals surface area contributed by atoms with Crippen LogP contribution >= 0.6 is 0 Å². The van der Waals surface area contributed by atoms with Gasteiger partial charge in [0.2, 0.25) is 0 Å². The van der Waals surface area contributed by atoms with Crippen LogP contribution in [0.1, 0.15) is 5.56 Å². The first-order valence-electron chi connectivity index (χ1n) is 5.94. The van der Waals surface area contributed by atoms with Crippen LogP contribution < -0.4 is 15.5 Å². The first kappa shape index (κ1) is 14.2. The zero-order valence-corrected chi connectivity index (χ0v) is 11.0. The van der Waals surface area contributed by atoms with E-state index in [2.05, 4.69) is 10.6 Å². The normalized spacial score (nSPS) is 10.2. The fourth-order valence-electron chi connectivity index (χ4n) is 1.40. The molecule has 18 heavy (non-hydrogen) atoms. The molecule has 0 aliphatic carbocycles. The molecular formula is C13H20N3O2+. The molecule has 0 saturated heterocycles. The highest BCUT2D eigenvalue weighted by Gasteiger charge is 2.14. The molecule has 0 aliphatic rings. The second kappa shape index (κ2) is 6.76. The van der Waals surface area contributed by atoms with Gasteiger partial charge in [-0.2, -0.15) is 0 Å². The predicted molar refractivity (Wildman–Crippen MR) is 70.5 cm³/mol. The number of hydrogen-bond acceptors (Lipinski definition) is 2. The molecule has 0 heterocycles. The van der Waals surface area contributed by atoms with Gasteiger partial charge in [0.25, 0.3) is 0 Å². The smallest absolute Gasteiger partial charge is 0.313 e. The summed E-state index contributed by atoms with van der Waals surface area (Å²) in [7, 11) is 3.97. The number of rotatable bonds is 4. The minimum atomic E-state index is -0.627. The minimum absolute atomic E-state index is 0.488. The average molecular weight is 250 g/mol. The van der Waals surface area contributed by atoms with E-state index in [4.69, 9.17) is 0 Å². The molecule has 0 atom stereocenters. The molecule has 0 unspecified atom stereocenters. The standard InChI is InChI=1S/C13H19N3O2/c1-10-6-4-5-7-11(10)15-13(18)12(17)14-8-9-16(2)3/h4-7H,8-9H2,1-3H3,(H,14,17)(H,15,18)/p+1. The van der Waals surface area contributed by atoms with E-state index in [1.165, 1.54) is 4.90 Å². The minimum Gasteiger partial charge on any atom is -0.342 e. The van der Waals surface area contributed by atoms with Crippen LogP contribution in [0.25, 0.3) is 0 Å². The Kier molecular flexibility index (Phi) is 5.32. The van der Waals surface area contributed by atoms with Gasteiger partial charge in [0.05, 0.1) is 27.2 Å². The SMILES string of the molecule is Cc1ccccc1NC(=O)C(=O)NCC[NH+](C)C. The van der Waals surface area contributed by atoms with Crippen molar-refractivity contribution in [3.63, 3.8) is 0 Å². The maximum atomic E-state index is 11.6. The molecule has 5 nitrogen and oxygen atoms in total. The summed E-state index contributed by atoms with van der Waals surface area (Å²) in [6.07, 6.45) is 0. The molecule has 0 radical (unpaired) electrons. The summed E-state index contributed by atoms with van der Waals surface area (Å²) in [4.78, 5) is 24.3. The lowest BCUT2D eigenvalue weighted by Crippen LogP contribution is -3.06. The topological polar surface area (TPSA) is 62.6 Å². The Morgan fingerprint density at radius 1 is 1.17 bits per heavy atom. The number of carbonyl (C=O) groups excluding carboxylic acids is 2. The molecule has 1 aromatic rings. The van der Waals surface area contributed by atoms with Crippen LogP contribution in [-0.2, 0) is 9.59 Å². The van der Waals surface area contributed by atoms with Crippen molar-refractivity contribution in [3.05, 3.63) is 29.8 Å².